The number of hydrogen-bond acceptors (Lipinski definition) is 6. The van der Waals surface area contributed by atoms with E-state index < -0.39 is 23.8 Å². The minimum Gasteiger partial charge on any atom is -0.457 e. The van der Waals surface area contributed by atoms with Gasteiger partial charge in [0.2, 0.25) is 0 Å². The third-order valence-corrected chi connectivity index (χ3v) is 3.86. The van der Waals surface area contributed by atoms with Crippen LogP contribution in [0.15, 0.2) is 42.5 Å². The van der Waals surface area contributed by atoms with Crippen molar-refractivity contribution in [1.82, 2.24) is 5.06 Å². The van der Waals surface area contributed by atoms with Gasteiger partial charge in [0.25, 0.3) is 11.8 Å². The number of amides is 2. The number of imide groups is 1. The normalized spacial score (nSPS) is 15.2. The van der Waals surface area contributed by atoms with Gasteiger partial charge in [0, 0.05) is 5.56 Å². The fourth-order valence-electron chi connectivity index (χ4n) is 2.63. The van der Waals surface area contributed by atoms with Gasteiger partial charge in [0.1, 0.15) is 6.61 Å². The van der Waals surface area contributed by atoms with Gasteiger partial charge in [-0.3, -0.25) is 9.59 Å². The Bertz CT molecular complexity index is 897. The van der Waals surface area contributed by atoms with Crippen LogP contribution >= 0.6 is 0 Å². The fraction of sp³-hybridized carbons (Fsp3) is 0.0588. The molecule has 2 aliphatic heterocycles. The number of fused-ring (bicyclic) bond motifs is 2. The van der Waals surface area contributed by atoms with Crippen molar-refractivity contribution >= 4 is 23.8 Å². The van der Waals surface area contributed by atoms with Gasteiger partial charge < -0.3 is 9.57 Å². The van der Waals surface area contributed by atoms with E-state index in [0.29, 0.717) is 10.6 Å². The molecule has 0 bridgehead atoms. The van der Waals surface area contributed by atoms with Crippen molar-refractivity contribution in [2.45, 2.75) is 6.61 Å². The Hall–Kier alpha value is -3.48. The topological polar surface area (TPSA) is 90.0 Å². The number of benzene rings is 2. The summed E-state index contributed by atoms with van der Waals surface area (Å²) in [7, 11) is 0. The molecule has 0 aliphatic carbocycles. The number of hydrogen-bond donors (Lipinski definition) is 0. The van der Waals surface area contributed by atoms with Gasteiger partial charge in [-0.25, -0.2) is 9.59 Å². The van der Waals surface area contributed by atoms with E-state index in [1.165, 1.54) is 24.3 Å². The second kappa shape index (κ2) is 5.02. The number of carbonyl (C=O) groups excluding carboxylic acids is 4. The zero-order valence-electron chi connectivity index (χ0n) is 12.1. The summed E-state index contributed by atoms with van der Waals surface area (Å²) < 4.78 is 4.86. The standard InChI is InChI=1S/C17H9NO6/c19-14-11-3-1-2-4-12(11)15(20)18(14)24-16(21)9-5-6-10-8-23-17(22)13(10)7-9/h1-7H,8H2. The maximum Gasteiger partial charge on any atom is 0.363 e. The number of cyclic esters (lactones) is 1. The van der Waals surface area contributed by atoms with Crippen LogP contribution in [-0.4, -0.2) is 28.8 Å². The van der Waals surface area contributed by atoms with Gasteiger partial charge in [-0.05, 0) is 24.3 Å². The van der Waals surface area contributed by atoms with Crippen molar-refractivity contribution in [3.05, 3.63) is 70.3 Å². The number of nitrogens with zero attached hydrogens (tertiary/aromatic N) is 1. The Balaban J connectivity index is 1.60. The minimum absolute atomic E-state index is 0.0455. The first-order valence-corrected chi connectivity index (χ1v) is 7.06. The summed E-state index contributed by atoms with van der Waals surface area (Å²) in [6.07, 6.45) is 0. The van der Waals surface area contributed by atoms with Crippen molar-refractivity contribution in [1.29, 1.82) is 0 Å². The molecule has 4 rings (SSSR count). The zero-order chi connectivity index (χ0) is 16.8. The Kier molecular flexibility index (Phi) is 2.96. The molecule has 2 aromatic carbocycles. The molecular weight excluding hydrogens is 314 g/mol. The van der Waals surface area contributed by atoms with Crippen molar-refractivity contribution < 1.29 is 28.8 Å². The summed E-state index contributed by atoms with van der Waals surface area (Å²) in [6.45, 7) is 0.155. The molecule has 0 radical (unpaired) electrons. The van der Waals surface area contributed by atoms with E-state index in [2.05, 4.69) is 0 Å². The Labute approximate surface area is 135 Å². The molecule has 0 N–H and O–H groups in total. The summed E-state index contributed by atoms with van der Waals surface area (Å²) in [5.41, 5.74) is 1.33. The fourth-order valence-corrected chi connectivity index (χ4v) is 2.63. The largest absolute Gasteiger partial charge is 0.457 e. The first kappa shape index (κ1) is 14.1. The second-order valence-electron chi connectivity index (χ2n) is 5.28. The van der Waals surface area contributed by atoms with Crippen LogP contribution in [0.2, 0.25) is 0 Å². The first-order valence-electron chi connectivity index (χ1n) is 7.06. The molecule has 2 aromatic rings. The van der Waals surface area contributed by atoms with Crippen LogP contribution in [0, 0.1) is 0 Å². The Morgan fingerprint density at radius 2 is 1.62 bits per heavy atom. The van der Waals surface area contributed by atoms with Crippen LogP contribution in [0.1, 0.15) is 47.0 Å². The molecule has 2 amide bonds. The molecule has 24 heavy (non-hydrogen) atoms. The van der Waals surface area contributed by atoms with Crippen LogP contribution in [0.5, 0.6) is 0 Å². The number of ether oxygens (including phenoxy) is 1. The smallest absolute Gasteiger partial charge is 0.363 e. The molecule has 118 valence electrons. The van der Waals surface area contributed by atoms with Gasteiger partial charge in [-0.1, -0.05) is 23.3 Å². The number of esters is 1. The lowest BCUT2D eigenvalue weighted by molar-refractivity contribution is -0.0584. The summed E-state index contributed by atoms with van der Waals surface area (Å²) in [4.78, 5) is 53.1. The molecule has 0 fully saturated rings. The van der Waals surface area contributed by atoms with Crippen molar-refractivity contribution in [2.75, 3.05) is 0 Å². The molecule has 0 spiro atoms. The lowest BCUT2D eigenvalue weighted by Gasteiger charge is -2.12. The number of hydroxylamine groups is 2. The van der Waals surface area contributed by atoms with E-state index >= 15 is 0 Å². The van der Waals surface area contributed by atoms with Crippen molar-refractivity contribution in [3.8, 4) is 0 Å². The van der Waals surface area contributed by atoms with Crippen molar-refractivity contribution in [2.24, 2.45) is 0 Å². The third-order valence-electron chi connectivity index (χ3n) is 3.86. The zero-order valence-corrected chi connectivity index (χ0v) is 12.1. The summed E-state index contributed by atoms with van der Waals surface area (Å²) in [6, 6.07) is 10.5. The summed E-state index contributed by atoms with van der Waals surface area (Å²) in [5, 5.41) is 0.429. The minimum atomic E-state index is -0.910. The average molecular weight is 323 g/mol. The van der Waals surface area contributed by atoms with Gasteiger partial charge >= 0.3 is 11.9 Å². The van der Waals surface area contributed by atoms with Crippen LogP contribution in [0.3, 0.4) is 0 Å². The van der Waals surface area contributed by atoms with Crippen LogP contribution in [0.4, 0.5) is 0 Å². The van der Waals surface area contributed by atoms with Gasteiger partial charge in [-0.15, -0.1) is 0 Å². The van der Waals surface area contributed by atoms with Crippen LogP contribution in [-0.2, 0) is 16.2 Å². The quantitative estimate of drug-likeness (QED) is 0.617. The van der Waals surface area contributed by atoms with Gasteiger partial charge in [0.15, 0.2) is 0 Å². The molecule has 7 heteroatoms. The second-order valence-corrected chi connectivity index (χ2v) is 5.28. The molecule has 0 saturated heterocycles. The molecule has 0 unspecified atom stereocenters. The lowest BCUT2D eigenvalue weighted by atomic mass is 10.1. The summed E-state index contributed by atoms with van der Waals surface area (Å²) >= 11 is 0. The highest BCUT2D eigenvalue weighted by Gasteiger charge is 2.39. The van der Waals surface area contributed by atoms with E-state index in [9.17, 15) is 19.2 Å². The molecule has 7 nitrogen and oxygen atoms in total. The molecule has 0 atom stereocenters. The predicted octanol–water partition coefficient (Wildman–Crippen LogP) is 1.73. The Morgan fingerprint density at radius 3 is 2.29 bits per heavy atom. The van der Waals surface area contributed by atoms with E-state index in [4.69, 9.17) is 9.57 Å². The van der Waals surface area contributed by atoms with Crippen LogP contribution in [0.25, 0.3) is 0 Å². The highest BCUT2D eigenvalue weighted by atomic mass is 16.7. The highest BCUT2D eigenvalue weighted by molar-refractivity contribution is 6.21. The van der Waals surface area contributed by atoms with E-state index in [-0.39, 0.29) is 28.9 Å². The first-order chi connectivity index (χ1) is 11.6. The maximum absolute atomic E-state index is 12.2. The van der Waals surface area contributed by atoms with Gasteiger partial charge in [0.05, 0.1) is 22.3 Å². The molecule has 0 saturated carbocycles. The molecule has 0 aromatic heterocycles. The van der Waals surface area contributed by atoms with E-state index in [1.54, 1.807) is 18.2 Å². The molecular formula is C17H9NO6. The van der Waals surface area contributed by atoms with E-state index in [0.717, 1.165) is 0 Å². The Morgan fingerprint density at radius 1 is 0.958 bits per heavy atom. The molecule has 2 heterocycles. The lowest BCUT2D eigenvalue weighted by Crippen LogP contribution is -2.32. The highest BCUT2D eigenvalue weighted by Crippen LogP contribution is 2.25. The van der Waals surface area contributed by atoms with Crippen LogP contribution < -0.4 is 0 Å². The molecule has 2 aliphatic rings. The number of carbonyl (C=O) groups is 4. The third kappa shape index (κ3) is 1.98. The average Bonchev–Trinajstić information content (AvgIpc) is 3.08. The summed E-state index contributed by atoms with van der Waals surface area (Å²) in [5.74, 6) is -2.85. The number of rotatable bonds is 2. The van der Waals surface area contributed by atoms with Gasteiger partial charge in [-0.2, -0.15) is 0 Å². The maximum atomic E-state index is 12.2. The SMILES string of the molecule is O=C(ON1C(=O)c2ccccc2C1=O)c1ccc2c(c1)C(=O)OC2. The van der Waals surface area contributed by atoms with E-state index in [1.807, 2.05) is 0 Å². The van der Waals surface area contributed by atoms with Crippen molar-refractivity contribution in [3.63, 3.8) is 0 Å². The predicted molar refractivity (Wildman–Crippen MR) is 77.9 cm³/mol. The monoisotopic (exact) mass is 323 g/mol.